The first-order chi connectivity index (χ1) is 8.93. The first kappa shape index (κ1) is 15.7. The molecule has 5 heteroatoms. The molecule has 1 amide bonds. The van der Waals surface area contributed by atoms with Gasteiger partial charge in [0.25, 0.3) is 0 Å². The third kappa shape index (κ3) is 4.06. The van der Waals surface area contributed by atoms with E-state index in [0.29, 0.717) is 19.3 Å². The zero-order valence-corrected chi connectivity index (χ0v) is 12.5. The Morgan fingerprint density at radius 3 is 2.37 bits per heavy atom. The molecule has 0 aliphatic carbocycles. The van der Waals surface area contributed by atoms with E-state index in [9.17, 15) is 14.7 Å². The number of amides is 1. The van der Waals surface area contributed by atoms with Crippen molar-refractivity contribution in [3.63, 3.8) is 0 Å². The molecule has 4 nitrogen and oxygen atoms in total. The van der Waals surface area contributed by atoms with Gasteiger partial charge in [0, 0.05) is 16.3 Å². The van der Waals surface area contributed by atoms with Gasteiger partial charge in [-0.2, -0.15) is 0 Å². The number of carboxylic acid groups (broad SMARTS) is 1. The van der Waals surface area contributed by atoms with Crippen molar-refractivity contribution in [1.82, 2.24) is 5.32 Å². The lowest BCUT2D eigenvalue weighted by Gasteiger charge is -2.26. The fourth-order valence-electron chi connectivity index (χ4n) is 1.95. The van der Waals surface area contributed by atoms with Crippen LogP contribution in [-0.4, -0.2) is 23.5 Å². The molecule has 0 aliphatic rings. The average molecular weight is 283 g/mol. The van der Waals surface area contributed by atoms with Gasteiger partial charge in [-0.3, -0.25) is 9.59 Å². The Morgan fingerprint density at radius 1 is 1.32 bits per heavy atom. The molecule has 0 saturated carbocycles. The van der Waals surface area contributed by atoms with E-state index in [2.05, 4.69) is 5.32 Å². The number of rotatable bonds is 7. The number of carbonyl (C=O) groups excluding carboxylic acids is 1. The van der Waals surface area contributed by atoms with Crippen LogP contribution in [0.5, 0.6) is 0 Å². The van der Waals surface area contributed by atoms with Gasteiger partial charge in [-0.15, -0.1) is 11.3 Å². The summed E-state index contributed by atoms with van der Waals surface area (Å²) in [5.74, 6) is -0.959. The SMILES string of the molecule is CCC(CC)(CNC(=O)Cc1ccc(C)s1)C(=O)O. The maximum absolute atomic E-state index is 11.8. The lowest BCUT2D eigenvalue weighted by Crippen LogP contribution is -2.42. The molecule has 0 atom stereocenters. The van der Waals surface area contributed by atoms with E-state index in [-0.39, 0.29) is 12.5 Å². The average Bonchev–Trinajstić information content (AvgIpc) is 2.76. The van der Waals surface area contributed by atoms with Gasteiger partial charge in [0.15, 0.2) is 0 Å². The second-order valence-corrected chi connectivity index (χ2v) is 6.13. The largest absolute Gasteiger partial charge is 0.481 e. The summed E-state index contributed by atoms with van der Waals surface area (Å²) in [6.45, 7) is 5.87. The summed E-state index contributed by atoms with van der Waals surface area (Å²) in [5.41, 5.74) is -0.846. The molecule has 19 heavy (non-hydrogen) atoms. The van der Waals surface area contributed by atoms with Crippen LogP contribution in [0, 0.1) is 12.3 Å². The fraction of sp³-hybridized carbons (Fsp3) is 0.571. The van der Waals surface area contributed by atoms with Gasteiger partial charge < -0.3 is 10.4 Å². The summed E-state index contributed by atoms with van der Waals surface area (Å²) in [6, 6.07) is 3.91. The zero-order chi connectivity index (χ0) is 14.5. The van der Waals surface area contributed by atoms with Crippen molar-refractivity contribution in [2.45, 2.75) is 40.0 Å². The van der Waals surface area contributed by atoms with E-state index in [4.69, 9.17) is 0 Å². The molecule has 2 N–H and O–H groups in total. The fourth-order valence-corrected chi connectivity index (χ4v) is 2.84. The van der Waals surface area contributed by atoms with E-state index in [1.54, 1.807) is 11.3 Å². The summed E-state index contributed by atoms with van der Waals surface area (Å²) in [5, 5.41) is 12.0. The predicted octanol–water partition coefficient (Wildman–Crippen LogP) is 2.61. The highest BCUT2D eigenvalue weighted by Crippen LogP contribution is 2.25. The number of hydrogen-bond donors (Lipinski definition) is 2. The van der Waals surface area contributed by atoms with Crippen molar-refractivity contribution in [2.75, 3.05) is 6.54 Å². The highest BCUT2D eigenvalue weighted by molar-refractivity contribution is 7.12. The Bertz CT molecular complexity index is 449. The van der Waals surface area contributed by atoms with Crippen LogP contribution in [0.15, 0.2) is 12.1 Å². The Labute approximate surface area is 117 Å². The van der Waals surface area contributed by atoms with E-state index in [1.807, 2.05) is 32.9 Å². The summed E-state index contributed by atoms with van der Waals surface area (Å²) in [4.78, 5) is 25.3. The maximum Gasteiger partial charge on any atom is 0.311 e. The Morgan fingerprint density at radius 2 is 1.95 bits per heavy atom. The van der Waals surface area contributed by atoms with Crippen molar-refractivity contribution in [3.05, 3.63) is 21.9 Å². The van der Waals surface area contributed by atoms with Gasteiger partial charge >= 0.3 is 5.97 Å². The Kier molecular flexibility index (Phi) is 5.54. The Hall–Kier alpha value is -1.36. The molecule has 106 valence electrons. The minimum absolute atomic E-state index is 0.116. The number of hydrogen-bond acceptors (Lipinski definition) is 3. The number of aliphatic carboxylic acids is 1. The molecule has 0 aliphatic heterocycles. The van der Waals surface area contributed by atoms with Crippen molar-refractivity contribution >= 4 is 23.2 Å². The molecular weight excluding hydrogens is 262 g/mol. The Balaban J connectivity index is 2.55. The van der Waals surface area contributed by atoms with Gasteiger partial charge in [0.1, 0.15) is 0 Å². The van der Waals surface area contributed by atoms with Crippen LogP contribution in [-0.2, 0) is 16.0 Å². The standard InChI is InChI=1S/C14H21NO3S/c1-4-14(5-2,13(17)18)9-15-12(16)8-11-7-6-10(3)19-11/h6-7H,4-5,8-9H2,1-3H3,(H,15,16)(H,17,18). The second-order valence-electron chi connectivity index (χ2n) is 4.76. The molecule has 0 spiro atoms. The van der Waals surface area contributed by atoms with Crippen molar-refractivity contribution < 1.29 is 14.7 Å². The predicted molar refractivity (Wildman–Crippen MR) is 76.4 cm³/mol. The van der Waals surface area contributed by atoms with Crippen molar-refractivity contribution in [3.8, 4) is 0 Å². The van der Waals surface area contributed by atoms with Gasteiger partial charge in [0.2, 0.25) is 5.91 Å². The van der Waals surface area contributed by atoms with E-state index < -0.39 is 11.4 Å². The van der Waals surface area contributed by atoms with Crippen LogP contribution in [0.25, 0.3) is 0 Å². The molecule has 0 unspecified atom stereocenters. The molecule has 1 aromatic heterocycles. The first-order valence-corrected chi connectivity index (χ1v) is 7.30. The number of aryl methyl sites for hydroxylation is 1. The minimum Gasteiger partial charge on any atom is -0.481 e. The van der Waals surface area contributed by atoms with Gasteiger partial charge in [-0.1, -0.05) is 13.8 Å². The number of thiophene rings is 1. The lowest BCUT2D eigenvalue weighted by atomic mass is 9.82. The van der Waals surface area contributed by atoms with Crippen LogP contribution in [0.1, 0.15) is 36.4 Å². The second kappa shape index (κ2) is 6.70. The number of nitrogens with one attached hydrogen (secondary N) is 1. The first-order valence-electron chi connectivity index (χ1n) is 6.49. The van der Waals surface area contributed by atoms with Crippen LogP contribution in [0.3, 0.4) is 0 Å². The third-order valence-corrected chi connectivity index (χ3v) is 4.56. The van der Waals surface area contributed by atoms with Gasteiger partial charge in [-0.25, -0.2) is 0 Å². The highest BCUT2D eigenvalue weighted by Gasteiger charge is 2.35. The summed E-state index contributed by atoms with van der Waals surface area (Å²) < 4.78 is 0. The maximum atomic E-state index is 11.8. The molecule has 1 rings (SSSR count). The van der Waals surface area contributed by atoms with Crippen molar-refractivity contribution in [2.24, 2.45) is 5.41 Å². The molecule has 0 saturated heterocycles. The molecule has 0 radical (unpaired) electrons. The van der Waals surface area contributed by atoms with E-state index in [1.165, 1.54) is 4.88 Å². The molecule has 0 aromatic carbocycles. The molecule has 1 aromatic rings. The molecule has 0 bridgehead atoms. The minimum atomic E-state index is -0.846. The van der Waals surface area contributed by atoms with Gasteiger partial charge in [0.05, 0.1) is 11.8 Å². The van der Waals surface area contributed by atoms with Crippen LogP contribution >= 0.6 is 11.3 Å². The van der Waals surface area contributed by atoms with Crippen LogP contribution in [0.4, 0.5) is 0 Å². The quantitative estimate of drug-likeness (QED) is 0.808. The van der Waals surface area contributed by atoms with Crippen LogP contribution < -0.4 is 5.32 Å². The molecular formula is C14H21NO3S. The van der Waals surface area contributed by atoms with E-state index in [0.717, 1.165) is 4.88 Å². The summed E-state index contributed by atoms with van der Waals surface area (Å²) in [7, 11) is 0. The zero-order valence-electron chi connectivity index (χ0n) is 11.7. The third-order valence-electron chi connectivity index (χ3n) is 3.56. The monoisotopic (exact) mass is 283 g/mol. The van der Waals surface area contributed by atoms with Crippen LogP contribution in [0.2, 0.25) is 0 Å². The molecule has 0 fully saturated rings. The summed E-state index contributed by atoms with van der Waals surface area (Å²) >= 11 is 1.59. The van der Waals surface area contributed by atoms with Gasteiger partial charge in [-0.05, 0) is 31.9 Å². The van der Waals surface area contributed by atoms with Crippen molar-refractivity contribution in [1.29, 1.82) is 0 Å². The lowest BCUT2D eigenvalue weighted by molar-refractivity contribution is -0.149. The number of carboxylic acids is 1. The smallest absolute Gasteiger partial charge is 0.311 e. The van der Waals surface area contributed by atoms with E-state index >= 15 is 0 Å². The molecule has 1 heterocycles. The number of carbonyl (C=O) groups is 2. The highest BCUT2D eigenvalue weighted by atomic mass is 32.1. The topological polar surface area (TPSA) is 66.4 Å². The summed E-state index contributed by atoms with van der Waals surface area (Å²) in [6.07, 6.45) is 1.34. The normalized spacial score (nSPS) is 11.3.